The average molecular weight is 475 g/mol. The van der Waals surface area contributed by atoms with Crippen LogP contribution in [0, 0.1) is 17.3 Å². The number of aliphatic carboxylic acids is 1. The second-order valence-electron chi connectivity index (χ2n) is 10.6. The Morgan fingerprint density at radius 3 is 2.34 bits per heavy atom. The molecule has 7 heteroatoms. The number of nitrogens with one attached hydrogen (secondary N) is 1. The zero-order valence-corrected chi connectivity index (χ0v) is 19.8. The van der Waals surface area contributed by atoms with Crippen molar-refractivity contribution in [3.05, 3.63) is 59.7 Å². The van der Waals surface area contributed by atoms with Gasteiger partial charge in [0.1, 0.15) is 6.61 Å². The van der Waals surface area contributed by atoms with Gasteiger partial charge in [0.2, 0.25) is 5.91 Å². The fourth-order valence-electron chi connectivity index (χ4n) is 6.91. The molecule has 6 rings (SSSR count). The number of hydrogen-bond acceptors (Lipinski definition) is 4. The summed E-state index contributed by atoms with van der Waals surface area (Å²) in [5, 5.41) is 12.4. The number of benzene rings is 2. The Labute approximate surface area is 204 Å². The fraction of sp³-hybridized carbons (Fsp3) is 0.464. The maximum absolute atomic E-state index is 13.3. The zero-order chi connectivity index (χ0) is 24.3. The van der Waals surface area contributed by atoms with Crippen molar-refractivity contribution in [2.24, 2.45) is 17.3 Å². The van der Waals surface area contributed by atoms with Crippen LogP contribution in [0.15, 0.2) is 48.5 Å². The molecule has 2 aromatic carbocycles. The number of ether oxygens (including phenoxy) is 1. The molecule has 35 heavy (non-hydrogen) atoms. The molecule has 0 aromatic heterocycles. The van der Waals surface area contributed by atoms with Gasteiger partial charge in [-0.15, -0.1) is 0 Å². The van der Waals surface area contributed by atoms with Gasteiger partial charge in [-0.2, -0.15) is 0 Å². The minimum Gasteiger partial charge on any atom is -0.481 e. The van der Waals surface area contributed by atoms with Crippen LogP contribution in [0.2, 0.25) is 0 Å². The smallest absolute Gasteiger partial charge is 0.407 e. The zero-order valence-electron chi connectivity index (χ0n) is 19.8. The summed E-state index contributed by atoms with van der Waals surface area (Å²) in [5.41, 5.74) is 4.28. The molecule has 1 saturated heterocycles. The van der Waals surface area contributed by atoms with Gasteiger partial charge in [0.15, 0.2) is 0 Å². The Morgan fingerprint density at radius 1 is 1.06 bits per heavy atom. The Balaban J connectivity index is 1.06. The summed E-state index contributed by atoms with van der Waals surface area (Å²) >= 11 is 0. The predicted octanol–water partition coefficient (Wildman–Crippen LogP) is 4.02. The summed E-state index contributed by atoms with van der Waals surface area (Å²) in [6, 6.07) is 16.1. The van der Waals surface area contributed by atoms with Crippen LogP contribution in [-0.2, 0) is 14.3 Å². The minimum absolute atomic E-state index is 0.0110. The SMILES string of the molecule is CC1C(C(=O)O)CCN1C(=O)[C@]12C[C@H](NC(=O)OCC3c4ccccc4-c4ccccc43)C[C@H]1C2. The quantitative estimate of drug-likeness (QED) is 0.683. The molecule has 0 bridgehead atoms. The summed E-state index contributed by atoms with van der Waals surface area (Å²) in [6.07, 6.45) is 2.25. The molecular formula is C28H30N2O5. The van der Waals surface area contributed by atoms with Crippen molar-refractivity contribution in [1.29, 1.82) is 0 Å². The summed E-state index contributed by atoms with van der Waals surface area (Å²) in [4.78, 5) is 39.3. The first kappa shape index (κ1) is 22.1. The van der Waals surface area contributed by atoms with E-state index in [-0.39, 0.29) is 36.4 Å². The number of nitrogens with zero attached hydrogens (tertiary/aromatic N) is 1. The minimum atomic E-state index is -0.834. The molecule has 2 aromatic rings. The molecule has 5 atom stereocenters. The first-order valence-corrected chi connectivity index (χ1v) is 12.5. The Bertz CT molecular complexity index is 1170. The lowest BCUT2D eigenvalue weighted by Crippen LogP contribution is -2.43. The van der Waals surface area contributed by atoms with E-state index >= 15 is 0 Å². The van der Waals surface area contributed by atoms with Gasteiger partial charge >= 0.3 is 12.1 Å². The van der Waals surface area contributed by atoms with E-state index in [1.807, 2.05) is 31.2 Å². The van der Waals surface area contributed by atoms with Crippen LogP contribution in [0.25, 0.3) is 11.1 Å². The number of fused-ring (bicyclic) bond motifs is 4. The lowest BCUT2D eigenvalue weighted by molar-refractivity contribution is -0.144. The average Bonchev–Trinajstić information content (AvgIpc) is 3.12. The van der Waals surface area contributed by atoms with Gasteiger partial charge in [0.05, 0.1) is 11.3 Å². The first-order valence-electron chi connectivity index (χ1n) is 12.5. The number of carbonyl (C=O) groups excluding carboxylic acids is 2. The Morgan fingerprint density at radius 2 is 1.71 bits per heavy atom. The van der Waals surface area contributed by atoms with E-state index in [4.69, 9.17) is 4.74 Å². The molecular weight excluding hydrogens is 444 g/mol. The van der Waals surface area contributed by atoms with E-state index < -0.39 is 23.4 Å². The number of rotatable bonds is 5. The normalized spacial score (nSPS) is 30.4. The second-order valence-corrected chi connectivity index (χ2v) is 10.6. The highest BCUT2D eigenvalue weighted by atomic mass is 16.5. The molecule has 3 fully saturated rings. The van der Waals surface area contributed by atoms with Crippen LogP contribution in [0.4, 0.5) is 4.79 Å². The molecule has 4 aliphatic rings. The Hall–Kier alpha value is -3.35. The number of carboxylic acid groups (broad SMARTS) is 1. The van der Waals surface area contributed by atoms with Crippen molar-refractivity contribution in [3.8, 4) is 11.1 Å². The predicted molar refractivity (Wildman–Crippen MR) is 129 cm³/mol. The molecule has 0 spiro atoms. The van der Waals surface area contributed by atoms with E-state index in [0.717, 1.165) is 12.8 Å². The van der Waals surface area contributed by atoms with Crippen LogP contribution in [0.3, 0.4) is 0 Å². The number of likely N-dealkylation sites (tertiary alicyclic amines) is 1. The van der Waals surface area contributed by atoms with Crippen molar-refractivity contribution in [1.82, 2.24) is 10.2 Å². The van der Waals surface area contributed by atoms with Gasteiger partial charge in [0, 0.05) is 24.5 Å². The van der Waals surface area contributed by atoms with Crippen molar-refractivity contribution in [2.75, 3.05) is 13.2 Å². The van der Waals surface area contributed by atoms with Gasteiger partial charge in [-0.1, -0.05) is 48.5 Å². The largest absolute Gasteiger partial charge is 0.481 e. The van der Waals surface area contributed by atoms with Gasteiger partial charge in [0.25, 0.3) is 0 Å². The molecule has 2 amide bonds. The number of hydrogen-bond donors (Lipinski definition) is 2. The topological polar surface area (TPSA) is 95.9 Å². The highest BCUT2D eigenvalue weighted by Crippen LogP contribution is 2.64. The van der Waals surface area contributed by atoms with E-state index in [1.54, 1.807) is 4.90 Å². The molecule has 2 N–H and O–H groups in total. The van der Waals surface area contributed by atoms with Crippen LogP contribution in [0.1, 0.15) is 49.7 Å². The monoisotopic (exact) mass is 474 g/mol. The molecule has 7 nitrogen and oxygen atoms in total. The van der Waals surface area contributed by atoms with Crippen molar-refractivity contribution in [2.45, 2.75) is 50.6 Å². The lowest BCUT2D eigenvalue weighted by Gasteiger charge is -2.28. The van der Waals surface area contributed by atoms with E-state index in [0.29, 0.717) is 19.4 Å². The molecule has 1 heterocycles. The van der Waals surface area contributed by atoms with Gasteiger partial charge in [-0.05, 0) is 60.8 Å². The Kier molecular flexibility index (Phi) is 5.13. The van der Waals surface area contributed by atoms with E-state index in [1.165, 1.54) is 22.3 Å². The van der Waals surface area contributed by atoms with Crippen molar-refractivity contribution >= 4 is 18.0 Å². The molecule has 3 aliphatic carbocycles. The highest BCUT2D eigenvalue weighted by Gasteiger charge is 2.66. The lowest BCUT2D eigenvalue weighted by atomic mass is 9.98. The molecule has 2 unspecified atom stereocenters. The number of alkyl carbamates (subject to hydrolysis) is 1. The number of carboxylic acids is 1. The second kappa shape index (κ2) is 8.11. The van der Waals surface area contributed by atoms with Crippen molar-refractivity contribution < 1.29 is 24.2 Å². The van der Waals surface area contributed by atoms with Gasteiger partial charge in [-0.3, -0.25) is 9.59 Å². The van der Waals surface area contributed by atoms with Crippen LogP contribution in [-0.4, -0.2) is 53.2 Å². The molecule has 0 radical (unpaired) electrons. The summed E-state index contributed by atoms with van der Waals surface area (Å²) in [6.45, 7) is 2.59. The maximum Gasteiger partial charge on any atom is 0.407 e. The van der Waals surface area contributed by atoms with Crippen molar-refractivity contribution in [3.63, 3.8) is 0 Å². The molecule has 2 saturated carbocycles. The maximum atomic E-state index is 13.3. The van der Waals surface area contributed by atoms with Crippen LogP contribution < -0.4 is 5.32 Å². The summed E-state index contributed by atoms with van der Waals surface area (Å²) in [7, 11) is 0. The van der Waals surface area contributed by atoms with Crippen LogP contribution >= 0.6 is 0 Å². The number of carbonyl (C=O) groups is 3. The van der Waals surface area contributed by atoms with Gasteiger partial charge < -0.3 is 20.1 Å². The number of amides is 2. The van der Waals surface area contributed by atoms with E-state index in [2.05, 4.69) is 29.6 Å². The van der Waals surface area contributed by atoms with E-state index in [9.17, 15) is 19.5 Å². The third kappa shape index (κ3) is 3.51. The van der Waals surface area contributed by atoms with Gasteiger partial charge in [-0.25, -0.2) is 4.79 Å². The standard InChI is InChI=1S/C28H30N2O5/c1-16-19(25(31)32)10-11-30(16)26(33)28-13-17(28)12-18(14-28)29-27(34)35-15-24-22-8-4-2-6-20(22)21-7-3-5-9-23(21)24/h2-9,16-19,24H,10-15H2,1H3,(H,29,34)(H,31,32)/t16?,17-,18+,19?,28+/m0/s1. The highest BCUT2D eigenvalue weighted by molar-refractivity contribution is 5.88. The summed E-state index contributed by atoms with van der Waals surface area (Å²) in [5.74, 6) is -1.000. The third-order valence-electron chi connectivity index (χ3n) is 8.84. The third-order valence-corrected chi connectivity index (χ3v) is 8.84. The van der Waals surface area contributed by atoms with Crippen LogP contribution in [0.5, 0.6) is 0 Å². The molecule has 1 aliphatic heterocycles. The molecule has 182 valence electrons. The summed E-state index contributed by atoms with van der Waals surface area (Å²) < 4.78 is 5.69. The fourth-order valence-corrected chi connectivity index (χ4v) is 6.91. The first-order chi connectivity index (χ1) is 16.9.